The van der Waals surface area contributed by atoms with Crippen molar-refractivity contribution in [3.63, 3.8) is 0 Å². The van der Waals surface area contributed by atoms with E-state index in [0.717, 1.165) is 53.7 Å². The Balaban J connectivity index is 0.00000370. The van der Waals surface area contributed by atoms with E-state index in [1.807, 2.05) is 36.4 Å². The number of pyridine rings is 1. The van der Waals surface area contributed by atoms with E-state index in [1.165, 1.54) is 10.2 Å². The van der Waals surface area contributed by atoms with E-state index in [1.54, 1.807) is 28.1 Å². The Morgan fingerprint density at radius 1 is 1.05 bits per heavy atom. The van der Waals surface area contributed by atoms with E-state index < -0.39 is 4.92 Å². The molecule has 2 heterocycles. The Labute approximate surface area is 237 Å². The van der Waals surface area contributed by atoms with E-state index in [4.69, 9.17) is 14.5 Å². The fourth-order valence-corrected chi connectivity index (χ4v) is 5.14. The van der Waals surface area contributed by atoms with Gasteiger partial charge in [-0.2, -0.15) is 5.10 Å². The van der Waals surface area contributed by atoms with Crippen LogP contribution < -0.4 is 20.1 Å². The smallest absolute Gasteiger partial charge is 0.312 e. The summed E-state index contributed by atoms with van der Waals surface area (Å²) in [5.41, 5.74) is 6.00. The molecule has 0 fully saturated rings. The molecule has 40 heavy (non-hydrogen) atoms. The van der Waals surface area contributed by atoms with Crippen molar-refractivity contribution in [2.24, 2.45) is 0 Å². The maximum absolute atomic E-state index is 12.9. The van der Waals surface area contributed by atoms with Gasteiger partial charge in [0.1, 0.15) is 17.9 Å². The Bertz CT molecular complexity index is 1600. The standard InChI is InChI=1S/C28H30N6O5.ClH/c1-16-28(34(36)37)17(2)33(32-16)15-26(35)29-18-9-11-23-21(13-18)27(20-7-5-6-8-22(20)31-23)30-19-10-12-24(38-3)25(14-19)39-4;/h9-14H,5-8,15H2,1-4H3,(H,29,35)(H,30,31);1H. The molecule has 0 aliphatic heterocycles. The highest BCUT2D eigenvalue weighted by Gasteiger charge is 2.23. The van der Waals surface area contributed by atoms with Crippen LogP contribution in [-0.2, 0) is 24.2 Å². The first-order valence-corrected chi connectivity index (χ1v) is 12.7. The van der Waals surface area contributed by atoms with E-state index in [9.17, 15) is 14.9 Å². The second-order valence-electron chi connectivity index (χ2n) is 9.53. The van der Waals surface area contributed by atoms with Crippen LogP contribution in [0.2, 0.25) is 0 Å². The molecule has 1 aliphatic carbocycles. The van der Waals surface area contributed by atoms with Gasteiger partial charge in [-0.15, -0.1) is 12.4 Å². The van der Waals surface area contributed by atoms with Gasteiger partial charge in [-0.05, 0) is 75.4 Å². The molecule has 0 saturated carbocycles. The number of aromatic nitrogens is 3. The van der Waals surface area contributed by atoms with E-state index in [0.29, 0.717) is 22.9 Å². The minimum Gasteiger partial charge on any atom is -0.493 e. The zero-order valence-electron chi connectivity index (χ0n) is 22.7. The molecular formula is C28H31ClN6O5. The highest BCUT2D eigenvalue weighted by Crippen LogP contribution is 2.38. The van der Waals surface area contributed by atoms with Gasteiger partial charge in [-0.1, -0.05) is 0 Å². The lowest BCUT2D eigenvalue weighted by Crippen LogP contribution is -2.20. The predicted octanol–water partition coefficient (Wildman–Crippen LogP) is 5.66. The number of rotatable bonds is 8. The van der Waals surface area contributed by atoms with Crippen molar-refractivity contribution in [1.29, 1.82) is 0 Å². The van der Waals surface area contributed by atoms with E-state index in [-0.39, 0.29) is 36.2 Å². The van der Waals surface area contributed by atoms with Crippen molar-refractivity contribution < 1.29 is 19.2 Å². The number of halogens is 1. The molecule has 1 aliphatic rings. The van der Waals surface area contributed by atoms with Crippen molar-refractivity contribution in [1.82, 2.24) is 14.8 Å². The Morgan fingerprint density at radius 2 is 1.77 bits per heavy atom. The first-order valence-electron chi connectivity index (χ1n) is 12.7. The van der Waals surface area contributed by atoms with Gasteiger partial charge in [0.25, 0.3) is 0 Å². The van der Waals surface area contributed by atoms with Gasteiger partial charge >= 0.3 is 5.69 Å². The number of hydrogen-bond acceptors (Lipinski definition) is 8. The average Bonchev–Trinajstić information content (AvgIpc) is 3.20. The molecule has 1 amide bonds. The third-order valence-electron chi connectivity index (χ3n) is 7.02. The summed E-state index contributed by atoms with van der Waals surface area (Å²) in [6.45, 7) is 3.00. The molecule has 4 aromatic rings. The molecule has 5 rings (SSSR count). The SMILES string of the molecule is COc1ccc(Nc2c3c(nc4ccc(NC(=O)Cn5nc(C)c([N+](=O)[O-])c5C)cc24)CCCC3)cc1OC.Cl. The summed E-state index contributed by atoms with van der Waals surface area (Å²) in [7, 11) is 3.20. The van der Waals surface area contributed by atoms with Crippen LogP contribution in [0.25, 0.3) is 10.9 Å². The fourth-order valence-electron chi connectivity index (χ4n) is 5.14. The predicted molar refractivity (Wildman–Crippen MR) is 155 cm³/mol. The third kappa shape index (κ3) is 5.50. The van der Waals surface area contributed by atoms with Crippen molar-refractivity contribution in [2.45, 2.75) is 46.1 Å². The molecule has 0 spiro atoms. The van der Waals surface area contributed by atoms with Crippen molar-refractivity contribution in [2.75, 3.05) is 24.9 Å². The number of amides is 1. The van der Waals surface area contributed by atoms with Crippen LogP contribution in [0, 0.1) is 24.0 Å². The van der Waals surface area contributed by atoms with Gasteiger partial charge in [0, 0.05) is 28.5 Å². The minimum atomic E-state index is -0.476. The summed E-state index contributed by atoms with van der Waals surface area (Å²) in [6.07, 6.45) is 3.99. The monoisotopic (exact) mass is 566 g/mol. The average molecular weight is 567 g/mol. The van der Waals surface area contributed by atoms with Crippen LogP contribution in [0.1, 0.15) is 35.5 Å². The van der Waals surface area contributed by atoms with Gasteiger partial charge in [0.15, 0.2) is 11.5 Å². The van der Waals surface area contributed by atoms with E-state index in [2.05, 4.69) is 15.7 Å². The molecule has 12 heteroatoms. The van der Waals surface area contributed by atoms with Crippen LogP contribution >= 0.6 is 12.4 Å². The zero-order chi connectivity index (χ0) is 27.7. The molecule has 0 bridgehead atoms. The lowest BCUT2D eigenvalue weighted by molar-refractivity contribution is -0.386. The summed E-state index contributed by atoms with van der Waals surface area (Å²) in [4.78, 5) is 28.7. The molecule has 0 saturated heterocycles. The summed E-state index contributed by atoms with van der Waals surface area (Å²) in [6, 6.07) is 11.3. The van der Waals surface area contributed by atoms with Crippen LogP contribution in [-0.4, -0.2) is 39.8 Å². The number of anilines is 3. The molecule has 0 unspecified atom stereocenters. The lowest BCUT2D eigenvalue weighted by Gasteiger charge is -2.22. The summed E-state index contributed by atoms with van der Waals surface area (Å²) in [5, 5.41) is 22.9. The maximum atomic E-state index is 12.9. The molecule has 0 radical (unpaired) electrons. The molecule has 2 aromatic heterocycles. The molecular weight excluding hydrogens is 536 g/mol. The summed E-state index contributed by atoms with van der Waals surface area (Å²) in [5.74, 6) is 0.921. The normalized spacial score (nSPS) is 12.3. The molecule has 2 aromatic carbocycles. The van der Waals surface area contributed by atoms with Gasteiger partial charge in [0.2, 0.25) is 5.91 Å². The number of methoxy groups -OCH3 is 2. The van der Waals surface area contributed by atoms with E-state index >= 15 is 0 Å². The number of carbonyl (C=O) groups is 1. The Hall–Kier alpha value is -4.38. The first kappa shape index (κ1) is 28.6. The minimum absolute atomic E-state index is 0. The number of fused-ring (bicyclic) bond motifs is 2. The topological polar surface area (TPSA) is 133 Å². The number of hydrogen-bond donors (Lipinski definition) is 2. The fraction of sp³-hybridized carbons (Fsp3) is 0.321. The summed E-state index contributed by atoms with van der Waals surface area (Å²) >= 11 is 0. The van der Waals surface area contributed by atoms with Crippen molar-refractivity contribution in [3.8, 4) is 11.5 Å². The van der Waals surface area contributed by atoms with Crippen LogP contribution in [0.4, 0.5) is 22.7 Å². The highest BCUT2D eigenvalue weighted by molar-refractivity contribution is 6.00. The first-order chi connectivity index (χ1) is 18.8. The Kier molecular flexibility index (Phi) is 8.43. The van der Waals surface area contributed by atoms with Gasteiger partial charge in [-0.25, -0.2) is 0 Å². The van der Waals surface area contributed by atoms with Crippen LogP contribution in [0.5, 0.6) is 11.5 Å². The third-order valence-corrected chi connectivity index (χ3v) is 7.02. The molecule has 210 valence electrons. The number of benzene rings is 2. The number of ether oxygens (including phenoxy) is 2. The largest absolute Gasteiger partial charge is 0.493 e. The zero-order valence-corrected chi connectivity index (χ0v) is 23.6. The second-order valence-corrected chi connectivity index (χ2v) is 9.53. The van der Waals surface area contributed by atoms with Crippen molar-refractivity contribution in [3.05, 3.63) is 69.2 Å². The maximum Gasteiger partial charge on any atom is 0.312 e. The number of aryl methyl sites for hydroxylation is 2. The lowest BCUT2D eigenvalue weighted by atomic mass is 9.92. The second kappa shape index (κ2) is 11.8. The quantitative estimate of drug-likeness (QED) is 0.206. The van der Waals surface area contributed by atoms with Gasteiger partial charge in [0.05, 0.1) is 30.3 Å². The molecule has 2 N–H and O–H groups in total. The summed E-state index contributed by atoms with van der Waals surface area (Å²) < 4.78 is 12.2. The highest BCUT2D eigenvalue weighted by atomic mass is 35.5. The van der Waals surface area contributed by atoms with Gasteiger partial charge in [-0.3, -0.25) is 24.6 Å². The number of nitrogens with zero attached hydrogens (tertiary/aromatic N) is 4. The van der Waals surface area contributed by atoms with Gasteiger partial charge < -0.3 is 20.1 Å². The molecule has 11 nitrogen and oxygen atoms in total. The number of carbonyl (C=O) groups excluding carboxylic acids is 1. The number of nitrogens with one attached hydrogen (secondary N) is 2. The molecule has 0 atom stereocenters. The van der Waals surface area contributed by atoms with Crippen LogP contribution in [0.3, 0.4) is 0 Å². The Morgan fingerprint density at radius 3 is 2.48 bits per heavy atom. The van der Waals surface area contributed by atoms with Crippen LogP contribution in [0.15, 0.2) is 36.4 Å². The number of nitro groups is 1. The van der Waals surface area contributed by atoms with Crippen molar-refractivity contribution >= 4 is 52.0 Å².